The average molecular weight is 582 g/mol. The monoisotopic (exact) mass is 580 g/mol. The summed E-state index contributed by atoms with van der Waals surface area (Å²) in [4.78, 5) is 28.6. The SMILES string of the molecule is CC[C@H](CN1CC[C@H](CNC(=O)c2ccc(Cl)c(Cl)c2)N[C@H](CCNCc2ccccc2)C1=O)c1ccccc1. The van der Waals surface area contributed by atoms with Gasteiger partial charge in [0.15, 0.2) is 0 Å². The summed E-state index contributed by atoms with van der Waals surface area (Å²) in [6, 6.07) is 25.1. The molecule has 0 saturated carbocycles. The summed E-state index contributed by atoms with van der Waals surface area (Å²) in [5.41, 5.74) is 2.92. The average Bonchev–Trinajstić information content (AvgIpc) is 3.13. The number of benzene rings is 3. The maximum atomic E-state index is 13.8. The van der Waals surface area contributed by atoms with Gasteiger partial charge in [-0.2, -0.15) is 0 Å². The fraction of sp³-hybridized carbons (Fsp3) is 0.375. The summed E-state index contributed by atoms with van der Waals surface area (Å²) in [7, 11) is 0. The molecule has 3 aromatic rings. The van der Waals surface area contributed by atoms with Crippen LogP contribution < -0.4 is 16.0 Å². The van der Waals surface area contributed by atoms with Crippen molar-refractivity contribution in [2.45, 2.75) is 50.7 Å². The molecule has 1 saturated heterocycles. The molecule has 0 unspecified atom stereocenters. The molecule has 0 radical (unpaired) electrons. The van der Waals surface area contributed by atoms with E-state index in [0.29, 0.717) is 48.2 Å². The summed E-state index contributed by atoms with van der Waals surface area (Å²) < 4.78 is 0. The van der Waals surface area contributed by atoms with Crippen molar-refractivity contribution in [3.8, 4) is 0 Å². The van der Waals surface area contributed by atoms with Gasteiger partial charge in [-0.3, -0.25) is 9.59 Å². The Morgan fingerprint density at radius 3 is 2.45 bits per heavy atom. The molecule has 2 amide bonds. The van der Waals surface area contributed by atoms with Crippen LogP contribution in [0, 0.1) is 0 Å². The molecule has 1 fully saturated rings. The molecule has 212 valence electrons. The lowest BCUT2D eigenvalue weighted by Gasteiger charge is -2.28. The summed E-state index contributed by atoms with van der Waals surface area (Å²) in [6.45, 7) is 5.34. The van der Waals surface area contributed by atoms with Crippen molar-refractivity contribution >= 4 is 35.0 Å². The van der Waals surface area contributed by atoms with Gasteiger partial charge in [0, 0.05) is 43.7 Å². The van der Waals surface area contributed by atoms with Crippen LogP contribution in [0.5, 0.6) is 0 Å². The number of halogens is 2. The van der Waals surface area contributed by atoms with Crippen molar-refractivity contribution in [3.63, 3.8) is 0 Å². The molecule has 3 atom stereocenters. The van der Waals surface area contributed by atoms with Crippen LogP contribution >= 0.6 is 23.2 Å². The molecule has 8 heteroatoms. The maximum Gasteiger partial charge on any atom is 0.251 e. The van der Waals surface area contributed by atoms with Crippen molar-refractivity contribution in [2.75, 3.05) is 26.2 Å². The summed E-state index contributed by atoms with van der Waals surface area (Å²) in [6.07, 6.45) is 2.35. The topological polar surface area (TPSA) is 73.5 Å². The van der Waals surface area contributed by atoms with E-state index < -0.39 is 0 Å². The van der Waals surface area contributed by atoms with Crippen molar-refractivity contribution in [1.82, 2.24) is 20.9 Å². The van der Waals surface area contributed by atoms with Crippen LogP contribution in [0.3, 0.4) is 0 Å². The van der Waals surface area contributed by atoms with Crippen LogP contribution in [-0.4, -0.2) is 55.0 Å². The van der Waals surface area contributed by atoms with Crippen LogP contribution in [-0.2, 0) is 11.3 Å². The zero-order valence-electron chi connectivity index (χ0n) is 22.9. The molecular formula is C32H38Cl2N4O2. The summed E-state index contributed by atoms with van der Waals surface area (Å²) >= 11 is 12.1. The molecule has 4 rings (SSSR count). The molecule has 1 aliphatic rings. The Balaban J connectivity index is 1.41. The molecule has 3 N–H and O–H groups in total. The van der Waals surface area contributed by atoms with Gasteiger partial charge < -0.3 is 20.9 Å². The van der Waals surface area contributed by atoms with Gasteiger partial charge in [0.05, 0.1) is 16.1 Å². The third-order valence-electron chi connectivity index (χ3n) is 7.47. The quantitative estimate of drug-likeness (QED) is 0.242. The highest BCUT2D eigenvalue weighted by Gasteiger charge is 2.32. The first-order valence-electron chi connectivity index (χ1n) is 14.0. The van der Waals surface area contributed by atoms with Crippen LogP contribution in [0.25, 0.3) is 0 Å². The largest absolute Gasteiger partial charge is 0.350 e. The number of hydrogen-bond acceptors (Lipinski definition) is 4. The Labute approximate surface area is 247 Å². The summed E-state index contributed by atoms with van der Waals surface area (Å²) in [5.74, 6) is 0.172. The van der Waals surface area contributed by atoms with Gasteiger partial charge in [-0.25, -0.2) is 0 Å². The first kappa shape index (κ1) is 30.1. The molecule has 0 bridgehead atoms. The second-order valence-corrected chi connectivity index (χ2v) is 11.1. The summed E-state index contributed by atoms with van der Waals surface area (Å²) in [5, 5.41) is 10.8. The van der Waals surface area contributed by atoms with E-state index in [2.05, 4.69) is 59.3 Å². The molecule has 0 aliphatic carbocycles. The highest BCUT2D eigenvalue weighted by Crippen LogP contribution is 2.24. The Morgan fingerprint density at radius 1 is 1.02 bits per heavy atom. The standard InChI is InChI=1S/C32H38Cl2N4O2/c1-2-24(25-11-7-4-8-12-25)22-38-18-16-27(21-36-31(39)26-13-14-28(33)29(34)19-26)37-30(32(38)40)15-17-35-20-23-9-5-3-6-10-23/h3-14,19,24,27,30,35,37H,2,15-18,20-22H2,1H3,(H,36,39)/t24-,27-,30-/m1/s1. The van der Waals surface area contributed by atoms with Crippen LogP contribution in [0.15, 0.2) is 78.9 Å². The van der Waals surface area contributed by atoms with E-state index in [0.717, 1.165) is 19.4 Å². The second-order valence-electron chi connectivity index (χ2n) is 10.3. The van der Waals surface area contributed by atoms with Crippen molar-refractivity contribution < 1.29 is 9.59 Å². The van der Waals surface area contributed by atoms with E-state index in [1.165, 1.54) is 11.1 Å². The van der Waals surface area contributed by atoms with E-state index in [4.69, 9.17) is 23.2 Å². The number of carbonyl (C=O) groups excluding carboxylic acids is 2. The molecular weight excluding hydrogens is 543 g/mol. The van der Waals surface area contributed by atoms with E-state index in [-0.39, 0.29) is 29.8 Å². The third-order valence-corrected chi connectivity index (χ3v) is 8.21. The zero-order chi connectivity index (χ0) is 28.3. The van der Waals surface area contributed by atoms with E-state index in [1.54, 1.807) is 18.2 Å². The number of rotatable bonds is 12. The molecule has 6 nitrogen and oxygen atoms in total. The van der Waals surface area contributed by atoms with Crippen LogP contribution in [0.1, 0.15) is 53.6 Å². The number of nitrogens with one attached hydrogen (secondary N) is 3. The molecule has 40 heavy (non-hydrogen) atoms. The van der Waals surface area contributed by atoms with Gasteiger partial charge in [0.25, 0.3) is 5.91 Å². The fourth-order valence-corrected chi connectivity index (χ4v) is 5.42. The van der Waals surface area contributed by atoms with Crippen LogP contribution in [0.4, 0.5) is 0 Å². The number of nitrogens with zero attached hydrogens (tertiary/aromatic N) is 1. The van der Waals surface area contributed by atoms with Gasteiger partial charge in [0.1, 0.15) is 0 Å². The lowest BCUT2D eigenvalue weighted by molar-refractivity contribution is -0.133. The van der Waals surface area contributed by atoms with E-state index in [9.17, 15) is 9.59 Å². The maximum absolute atomic E-state index is 13.8. The Morgan fingerprint density at radius 2 is 1.75 bits per heavy atom. The van der Waals surface area contributed by atoms with Gasteiger partial charge in [0.2, 0.25) is 5.91 Å². The minimum atomic E-state index is -0.342. The predicted octanol–water partition coefficient (Wildman–Crippen LogP) is 5.66. The molecule has 1 aliphatic heterocycles. The molecule has 3 aromatic carbocycles. The zero-order valence-corrected chi connectivity index (χ0v) is 24.4. The highest BCUT2D eigenvalue weighted by atomic mass is 35.5. The van der Waals surface area contributed by atoms with Crippen molar-refractivity contribution in [1.29, 1.82) is 0 Å². The Hall–Kier alpha value is -2.90. The lowest BCUT2D eigenvalue weighted by Crippen LogP contribution is -2.50. The van der Waals surface area contributed by atoms with Crippen LogP contribution in [0.2, 0.25) is 10.0 Å². The minimum Gasteiger partial charge on any atom is -0.350 e. The van der Waals surface area contributed by atoms with Crippen molar-refractivity contribution in [2.24, 2.45) is 0 Å². The van der Waals surface area contributed by atoms with Gasteiger partial charge >= 0.3 is 0 Å². The van der Waals surface area contributed by atoms with Gasteiger partial charge in [-0.1, -0.05) is 90.8 Å². The lowest BCUT2D eigenvalue weighted by atomic mass is 9.95. The van der Waals surface area contributed by atoms with E-state index >= 15 is 0 Å². The molecule has 0 aromatic heterocycles. The Kier molecular flexibility index (Phi) is 11.4. The highest BCUT2D eigenvalue weighted by molar-refractivity contribution is 6.42. The number of hydrogen-bond donors (Lipinski definition) is 3. The first-order chi connectivity index (χ1) is 19.4. The normalized spacial score (nSPS) is 18.3. The minimum absolute atomic E-state index is 0.0448. The van der Waals surface area contributed by atoms with Gasteiger partial charge in [-0.05, 0) is 55.1 Å². The number of carbonyl (C=O) groups is 2. The second kappa shape index (κ2) is 15.2. The third kappa shape index (κ3) is 8.55. The number of amides is 2. The van der Waals surface area contributed by atoms with Crippen molar-refractivity contribution in [3.05, 3.63) is 106 Å². The fourth-order valence-electron chi connectivity index (χ4n) is 5.12. The van der Waals surface area contributed by atoms with E-state index in [1.807, 2.05) is 29.2 Å². The molecule has 1 heterocycles. The molecule has 0 spiro atoms. The smallest absolute Gasteiger partial charge is 0.251 e. The predicted molar refractivity (Wildman–Crippen MR) is 163 cm³/mol. The Bertz CT molecular complexity index is 1240. The van der Waals surface area contributed by atoms with Gasteiger partial charge in [-0.15, -0.1) is 0 Å². The first-order valence-corrected chi connectivity index (χ1v) is 14.8.